The van der Waals surface area contributed by atoms with Crippen molar-refractivity contribution in [1.82, 2.24) is 15.1 Å². The third kappa shape index (κ3) is 5.98. The first-order valence-electron chi connectivity index (χ1n) is 13.3. The molecule has 0 spiro atoms. The Labute approximate surface area is 217 Å². The Morgan fingerprint density at radius 3 is 2.39 bits per heavy atom. The highest BCUT2D eigenvalue weighted by Gasteiger charge is 2.42. The van der Waals surface area contributed by atoms with Crippen LogP contribution in [0.5, 0.6) is 0 Å². The highest BCUT2D eigenvalue weighted by atomic mass is 32.1. The predicted molar refractivity (Wildman–Crippen MR) is 140 cm³/mol. The first-order valence-corrected chi connectivity index (χ1v) is 14.1. The van der Waals surface area contributed by atoms with Crippen LogP contribution in [0.15, 0.2) is 36.4 Å². The van der Waals surface area contributed by atoms with Crippen LogP contribution in [0.4, 0.5) is 4.39 Å². The van der Waals surface area contributed by atoms with E-state index in [-0.39, 0.29) is 35.8 Å². The smallest absolute Gasteiger partial charge is 0.254 e. The van der Waals surface area contributed by atoms with E-state index in [9.17, 15) is 14.0 Å². The van der Waals surface area contributed by atoms with E-state index >= 15 is 0 Å². The molecule has 36 heavy (non-hydrogen) atoms. The number of carbonyl (C=O) groups excluding carboxylic acids is 2. The highest BCUT2D eigenvalue weighted by Crippen LogP contribution is 2.36. The monoisotopic (exact) mass is 512 g/mol. The summed E-state index contributed by atoms with van der Waals surface area (Å²) in [6.07, 6.45) is 7.40. The highest BCUT2D eigenvalue weighted by molar-refractivity contribution is 7.11. The van der Waals surface area contributed by atoms with E-state index in [0.29, 0.717) is 24.6 Å². The van der Waals surface area contributed by atoms with Gasteiger partial charge in [0.15, 0.2) is 0 Å². The molecule has 5 rings (SSSR count). The minimum absolute atomic E-state index is 0.0710. The lowest BCUT2D eigenvalue weighted by molar-refractivity contribution is -0.128. The van der Waals surface area contributed by atoms with Gasteiger partial charge in [-0.05, 0) is 94.7 Å². The molecule has 2 aromatic rings. The van der Waals surface area contributed by atoms with Gasteiger partial charge in [-0.15, -0.1) is 11.3 Å². The van der Waals surface area contributed by atoms with E-state index in [1.165, 1.54) is 46.9 Å². The molecule has 2 heterocycles. The van der Waals surface area contributed by atoms with Gasteiger partial charge in [-0.25, -0.2) is 4.39 Å². The molecule has 1 unspecified atom stereocenters. The van der Waals surface area contributed by atoms with Crippen LogP contribution in [-0.4, -0.2) is 58.4 Å². The number of nitrogens with one attached hydrogen (secondary N) is 1. The van der Waals surface area contributed by atoms with Crippen LogP contribution in [0.25, 0.3) is 0 Å². The molecular weight excluding hydrogens is 475 g/mol. The second-order valence-corrected chi connectivity index (χ2v) is 12.1. The number of rotatable bonds is 7. The number of halogens is 1. The summed E-state index contributed by atoms with van der Waals surface area (Å²) >= 11 is 1.83. The number of amides is 2. The number of benzene rings is 1. The summed E-state index contributed by atoms with van der Waals surface area (Å²) in [5, 5.41) is 3.25. The van der Waals surface area contributed by atoms with E-state index < -0.39 is 6.04 Å². The van der Waals surface area contributed by atoms with Crippen molar-refractivity contribution in [2.45, 2.75) is 95.0 Å². The molecule has 6 nitrogen and oxygen atoms in total. The van der Waals surface area contributed by atoms with Crippen molar-refractivity contribution in [2.75, 3.05) is 6.54 Å². The molecule has 3 aliphatic rings. The minimum Gasteiger partial charge on any atom is -0.352 e. The number of carbonyl (C=O) groups is 2. The summed E-state index contributed by atoms with van der Waals surface area (Å²) in [4.78, 5) is 34.1. The van der Waals surface area contributed by atoms with Gasteiger partial charge in [-0.1, -0.05) is 0 Å². The van der Waals surface area contributed by atoms with Gasteiger partial charge in [0, 0.05) is 52.6 Å². The Hall–Kier alpha value is -2.29. The van der Waals surface area contributed by atoms with E-state index in [1.54, 1.807) is 4.90 Å². The van der Waals surface area contributed by atoms with Gasteiger partial charge in [0.25, 0.3) is 5.91 Å². The first-order chi connectivity index (χ1) is 17.4. The van der Waals surface area contributed by atoms with Gasteiger partial charge in [0.2, 0.25) is 5.91 Å². The van der Waals surface area contributed by atoms with E-state index in [2.05, 4.69) is 29.3 Å². The fraction of sp³-hybridized carbons (Fsp3) is 0.571. The van der Waals surface area contributed by atoms with Gasteiger partial charge >= 0.3 is 0 Å². The van der Waals surface area contributed by atoms with E-state index in [1.807, 2.05) is 11.3 Å². The fourth-order valence-corrected chi connectivity index (χ4v) is 6.67. The van der Waals surface area contributed by atoms with Gasteiger partial charge in [0.05, 0.1) is 0 Å². The summed E-state index contributed by atoms with van der Waals surface area (Å²) in [7, 11) is 0. The van der Waals surface area contributed by atoms with Crippen LogP contribution < -0.4 is 11.1 Å². The molecule has 194 valence electrons. The molecule has 1 aliphatic heterocycles. The normalized spacial score (nSPS) is 26.7. The van der Waals surface area contributed by atoms with Crippen molar-refractivity contribution >= 4 is 23.2 Å². The van der Waals surface area contributed by atoms with Crippen molar-refractivity contribution in [3.05, 3.63) is 57.5 Å². The quantitative estimate of drug-likeness (QED) is 0.582. The van der Waals surface area contributed by atoms with Gasteiger partial charge in [-0.3, -0.25) is 14.5 Å². The van der Waals surface area contributed by atoms with Gasteiger partial charge in [-0.2, -0.15) is 0 Å². The third-order valence-electron chi connectivity index (χ3n) is 7.97. The zero-order valence-corrected chi connectivity index (χ0v) is 21.8. The molecule has 0 radical (unpaired) electrons. The van der Waals surface area contributed by atoms with Crippen LogP contribution in [0, 0.1) is 12.7 Å². The first kappa shape index (κ1) is 25.4. The molecule has 1 aromatic heterocycles. The van der Waals surface area contributed by atoms with Crippen LogP contribution in [0.1, 0.15) is 71.5 Å². The van der Waals surface area contributed by atoms with Crippen molar-refractivity contribution in [3.63, 3.8) is 0 Å². The SMILES string of the molecule is Cc1ccc(CN(C2CC2)C2CCN(C(=O)c3ccc(F)cc3)[C@@H](C(=O)NC3CCC(N)CC3)C2)s1. The standard InChI is InChI=1S/C28H37FN4O2S/c1-18-2-13-25(36-18)17-33(23-11-12-23)24-14-15-32(28(35)19-3-5-20(29)6-4-19)26(16-24)27(34)31-22-9-7-21(30)8-10-22/h2-6,13,21-24,26H,7-12,14-17,30H2,1H3,(H,31,34)/t21?,22?,24?,26-/m1/s1. The fourth-order valence-electron chi connectivity index (χ4n) is 5.77. The molecule has 2 amide bonds. The number of aryl methyl sites for hydroxylation is 1. The number of hydrogen-bond donors (Lipinski definition) is 2. The maximum absolute atomic E-state index is 13.7. The van der Waals surface area contributed by atoms with Crippen molar-refractivity contribution in [2.24, 2.45) is 5.73 Å². The Morgan fingerprint density at radius 2 is 1.75 bits per heavy atom. The Kier molecular flexibility index (Phi) is 7.74. The minimum atomic E-state index is -0.539. The summed E-state index contributed by atoms with van der Waals surface area (Å²) in [5.74, 6) is -0.650. The number of hydrogen-bond acceptors (Lipinski definition) is 5. The molecule has 2 atom stereocenters. The molecular formula is C28H37FN4O2S. The van der Waals surface area contributed by atoms with Crippen molar-refractivity contribution < 1.29 is 14.0 Å². The maximum Gasteiger partial charge on any atom is 0.254 e. The van der Waals surface area contributed by atoms with Crippen molar-refractivity contribution in [1.29, 1.82) is 0 Å². The molecule has 1 saturated heterocycles. The lowest BCUT2D eigenvalue weighted by Crippen LogP contribution is -2.58. The second kappa shape index (κ2) is 11.0. The number of thiophene rings is 1. The van der Waals surface area contributed by atoms with E-state index in [0.717, 1.165) is 38.6 Å². The molecule has 8 heteroatoms. The Balaban J connectivity index is 1.34. The summed E-state index contributed by atoms with van der Waals surface area (Å²) < 4.78 is 13.5. The lowest BCUT2D eigenvalue weighted by Gasteiger charge is -2.43. The lowest BCUT2D eigenvalue weighted by atomic mass is 9.90. The van der Waals surface area contributed by atoms with Crippen molar-refractivity contribution in [3.8, 4) is 0 Å². The predicted octanol–water partition coefficient (Wildman–Crippen LogP) is 4.22. The number of likely N-dealkylation sites (tertiary alicyclic amines) is 1. The Morgan fingerprint density at radius 1 is 1.03 bits per heavy atom. The molecule has 0 bridgehead atoms. The average molecular weight is 513 g/mol. The molecule has 3 N–H and O–H groups in total. The van der Waals surface area contributed by atoms with Crippen LogP contribution in [-0.2, 0) is 11.3 Å². The van der Waals surface area contributed by atoms with Crippen LogP contribution >= 0.6 is 11.3 Å². The molecule has 2 aliphatic carbocycles. The molecule has 1 aromatic carbocycles. The van der Waals surface area contributed by atoms with Gasteiger partial charge < -0.3 is 16.0 Å². The average Bonchev–Trinajstić information content (AvgIpc) is 3.64. The molecule has 2 saturated carbocycles. The summed E-state index contributed by atoms with van der Waals surface area (Å²) in [6.45, 7) is 3.55. The number of nitrogens with zero attached hydrogens (tertiary/aromatic N) is 2. The zero-order valence-electron chi connectivity index (χ0n) is 21.0. The largest absolute Gasteiger partial charge is 0.352 e. The third-order valence-corrected chi connectivity index (χ3v) is 8.95. The maximum atomic E-state index is 13.7. The number of nitrogens with two attached hydrogens (primary N) is 1. The zero-order chi connectivity index (χ0) is 25.2. The van der Waals surface area contributed by atoms with E-state index in [4.69, 9.17) is 5.73 Å². The van der Waals surface area contributed by atoms with Crippen LogP contribution in [0.3, 0.4) is 0 Å². The topological polar surface area (TPSA) is 78.7 Å². The summed E-state index contributed by atoms with van der Waals surface area (Å²) in [5.41, 5.74) is 6.48. The number of piperidine rings is 1. The summed E-state index contributed by atoms with van der Waals surface area (Å²) in [6, 6.07) is 10.6. The van der Waals surface area contributed by atoms with Crippen LogP contribution in [0.2, 0.25) is 0 Å². The molecule has 3 fully saturated rings. The second-order valence-electron chi connectivity index (χ2n) is 10.7. The van der Waals surface area contributed by atoms with Gasteiger partial charge in [0.1, 0.15) is 11.9 Å². The Bertz CT molecular complexity index is 1060.